The molecule has 0 spiro atoms. The highest BCUT2D eigenvalue weighted by molar-refractivity contribution is 7.93. The Balaban J connectivity index is 1.17. The molecule has 0 atom stereocenters. The number of sulfone groups is 1. The van der Waals surface area contributed by atoms with Crippen LogP contribution >= 0.6 is 0 Å². The van der Waals surface area contributed by atoms with Crippen molar-refractivity contribution in [1.29, 1.82) is 0 Å². The van der Waals surface area contributed by atoms with Gasteiger partial charge in [-0.1, -0.05) is 17.7 Å². The minimum Gasteiger partial charge on any atom is -0.381 e. The smallest absolute Gasteiger partial charge is 0.265 e. The number of nitrogens with one attached hydrogen (secondary N) is 1. The molecule has 0 radical (unpaired) electrons. The number of hydroxylamine groups is 1. The number of aryl methyl sites for hydroxylation is 2. The van der Waals surface area contributed by atoms with Crippen molar-refractivity contribution in [1.82, 2.24) is 10.4 Å². The third-order valence-electron chi connectivity index (χ3n) is 8.97. The maximum atomic E-state index is 13.5. The van der Waals surface area contributed by atoms with E-state index < -0.39 is 20.5 Å². The predicted octanol–water partition coefficient (Wildman–Crippen LogP) is 2.70. The molecule has 2 N–H and O–H groups in total. The highest BCUT2D eigenvalue weighted by Gasteiger charge is 2.52. The summed E-state index contributed by atoms with van der Waals surface area (Å²) in [6.45, 7) is 9.02. The number of hydrogen-bond donors (Lipinski definition) is 2. The molecular weight excluding hydrogens is 544 g/mol. The van der Waals surface area contributed by atoms with Crippen molar-refractivity contribution in [3.05, 3.63) is 53.6 Å². The molecule has 0 aliphatic carbocycles. The number of carbonyl (C=O) groups excluding carboxylic acids is 2. The van der Waals surface area contributed by atoms with E-state index in [4.69, 9.17) is 4.74 Å². The van der Waals surface area contributed by atoms with E-state index in [0.717, 1.165) is 44.7 Å². The fraction of sp³-hybridized carbons (Fsp3) is 0.533. The van der Waals surface area contributed by atoms with Crippen LogP contribution in [-0.4, -0.2) is 87.6 Å². The molecule has 2 aromatic carbocycles. The van der Waals surface area contributed by atoms with Crippen molar-refractivity contribution < 1.29 is 28.0 Å². The Hall–Kier alpha value is -3.15. The van der Waals surface area contributed by atoms with Gasteiger partial charge >= 0.3 is 0 Å². The summed E-state index contributed by atoms with van der Waals surface area (Å²) in [5, 5.41) is 9.26. The van der Waals surface area contributed by atoms with Crippen molar-refractivity contribution in [3.63, 3.8) is 0 Å². The van der Waals surface area contributed by atoms with Crippen LogP contribution in [0.1, 0.15) is 36.8 Å². The second-order valence-electron chi connectivity index (χ2n) is 11.4. The van der Waals surface area contributed by atoms with Gasteiger partial charge in [-0.3, -0.25) is 14.8 Å². The molecule has 2 aromatic rings. The number of piperazine rings is 1. The van der Waals surface area contributed by atoms with Crippen molar-refractivity contribution >= 4 is 33.0 Å². The van der Waals surface area contributed by atoms with Crippen LogP contribution in [0.2, 0.25) is 0 Å². The summed E-state index contributed by atoms with van der Waals surface area (Å²) in [7, 11) is -4.07. The molecular formula is C30H40N4O6S. The van der Waals surface area contributed by atoms with Crippen LogP contribution in [0.5, 0.6) is 0 Å². The fourth-order valence-electron chi connectivity index (χ4n) is 6.45. The van der Waals surface area contributed by atoms with E-state index in [2.05, 4.69) is 41.8 Å². The second kappa shape index (κ2) is 12.0. The van der Waals surface area contributed by atoms with Crippen LogP contribution in [0.3, 0.4) is 0 Å². The first-order chi connectivity index (χ1) is 19.7. The normalized spacial score (nSPS) is 20.1. The summed E-state index contributed by atoms with van der Waals surface area (Å²) in [5.41, 5.74) is 6.19. The number of benzene rings is 2. The Morgan fingerprint density at radius 3 is 2.12 bits per heavy atom. The van der Waals surface area contributed by atoms with Crippen LogP contribution < -0.4 is 15.3 Å². The summed E-state index contributed by atoms with van der Waals surface area (Å²) < 4.78 is 30.5. The van der Waals surface area contributed by atoms with Crippen LogP contribution in [-0.2, 0) is 24.2 Å². The van der Waals surface area contributed by atoms with E-state index in [0.29, 0.717) is 13.1 Å². The van der Waals surface area contributed by atoms with Crippen LogP contribution in [0.15, 0.2) is 47.4 Å². The Kier molecular flexibility index (Phi) is 8.58. The summed E-state index contributed by atoms with van der Waals surface area (Å²) >= 11 is 0. The zero-order valence-electron chi connectivity index (χ0n) is 23.8. The van der Waals surface area contributed by atoms with Gasteiger partial charge in [-0.25, -0.2) is 13.9 Å². The first kappa shape index (κ1) is 29.3. The van der Waals surface area contributed by atoms with E-state index in [1.54, 1.807) is 17.6 Å². The number of carbonyl (C=O) groups is 2. The Bertz CT molecular complexity index is 1360. The van der Waals surface area contributed by atoms with E-state index in [-0.39, 0.29) is 42.8 Å². The number of nitrogens with zero attached hydrogens (tertiary/aromatic N) is 3. The average Bonchev–Trinajstić information content (AvgIpc) is 3.01. The summed E-state index contributed by atoms with van der Waals surface area (Å²) in [5.74, 6) is -0.706. The van der Waals surface area contributed by atoms with Gasteiger partial charge in [0.05, 0.1) is 4.90 Å². The van der Waals surface area contributed by atoms with Gasteiger partial charge in [0.1, 0.15) is 0 Å². The summed E-state index contributed by atoms with van der Waals surface area (Å²) in [4.78, 5) is 32.4. The molecule has 3 saturated heterocycles. The van der Waals surface area contributed by atoms with E-state index >= 15 is 0 Å². The molecule has 3 aliphatic rings. The lowest BCUT2D eigenvalue weighted by Crippen LogP contribution is -2.54. The highest BCUT2D eigenvalue weighted by atomic mass is 32.2. The zero-order chi connectivity index (χ0) is 29.2. The maximum absolute atomic E-state index is 13.5. The fourth-order valence-corrected chi connectivity index (χ4v) is 8.39. The topological polar surface area (TPSA) is 119 Å². The van der Waals surface area contributed by atoms with Gasteiger partial charge in [0.2, 0.25) is 5.91 Å². The van der Waals surface area contributed by atoms with Gasteiger partial charge in [-0.15, -0.1) is 0 Å². The number of piperidine rings is 1. The van der Waals surface area contributed by atoms with E-state index in [1.807, 2.05) is 4.90 Å². The van der Waals surface area contributed by atoms with Gasteiger partial charge in [-0.2, -0.15) is 0 Å². The van der Waals surface area contributed by atoms with Gasteiger partial charge < -0.3 is 19.4 Å². The molecule has 10 nitrogen and oxygen atoms in total. The van der Waals surface area contributed by atoms with E-state index in [9.17, 15) is 23.2 Å². The quantitative estimate of drug-likeness (QED) is 0.393. The number of anilines is 2. The molecule has 41 heavy (non-hydrogen) atoms. The molecule has 3 aliphatic heterocycles. The van der Waals surface area contributed by atoms with Crippen molar-refractivity contribution in [2.24, 2.45) is 5.92 Å². The van der Waals surface area contributed by atoms with Crippen LogP contribution in [0.25, 0.3) is 0 Å². The first-order valence-electron chi connectivity index (χ1n) is 14.4. The lowest BCUT2D eigenvalue weighted by Gasteiger charge is -2.40. The number of ether oxygens (including phenoxy) is 1. The second-order valence-corrected chi connectivity index (χ2v) is 13.7. The molecule has 0 bridgehead atoms. The number of rotatable bonds is 6. The Labute approximate surface area is 242 Å². The van der Waals surface area contributed by atoms with Crippen molar-refractivity contribution in [2.45, 2.75) is 49.2 Å². The SMILES string of the molecule is Cc1ccc(N2CCN(C(=O)C3CCN(c4ccc(S(=O)(=O)C5(C(=O)NO)CCOCC5)cc4)CC3)CC2)c(C)c1. The van der Waals surface area contributed by atoms with Crippen LogP contribution in [0, 0.1) is 19.8 Å². The predicted molar refractivity (Wildman–Crippen MR) is 156 cm³/mol. The molecule has 3 fully saturated rings. The minimum atomic E-state index is -4.07. The molecule has 222 valence electrons. The highest BCUT2D eigenvalue weighted by Crippen LogP contribution is 2.36. The Morgan fingerprint density at radius 2 is 1.54 bits per heavy atom. The number of hydrogen-bond acceptors (Lipinski definition) is 8. The van der Waals surface area contributed by atoms with Crippen molar-refractivity contribution in [3.8, 4) is 0 Å². The lowest BCUT2D eigenvalue weighted by atomic mass is 9.94. The molecule has 0 unspecified atom stereocenters. The maximum Gasteiger partial charge on any atom is 0.265 e. The minimum absolute atomic E-state index is 0.0102. The monoisotopic (exact) mass is 584 g/mol. The summed E-state index contributed by atoms with van der Waals surface area (Å²) in [6, 6.07) is 13.1. The Morgan fingerprint density at radius 1 is 0.902 bits per heavy atom. The van der Waals surface area contributed by atoms with Gasteiger partial charge in [-0.05, 0) is 75.4 Å². The molecule has 11 heteroatoms. The average molecular weight is 585 g/mol. The third kappa shape index (κ3) is 5.67. The molecule has 2 amide bonds. The van der Waals surface area contributed by atoms with E-state index in [1.165, 1.54) is 28.9 Å². The first-order valence-corrected chi connectivity index (χ1v) is 15.9. The largest absolute Gasteiger partial charge is 0.381 e. The molecule has 0 aromatic heterocycles. The lowest BCUT2D eigenvalue weighted by molar-refractivity contribution is -0.136. The van der Waals surface area contributed by atoms with Gasteiger partial charge in [0, 0.05) is 69.8 Å². The third-order valence-corrected chi connectivity index (χ3v) is 11.5. The molecule has 3 heterocycles. The molecule has 5 rings (SSSR count). The van der Waals surface area contributed by atoms with Gasteiger partial charge in [0.15, 0.2) is 14.6 Å². The molecule has 0 saturated carbocycles. The zero-order valence-corrected chi connectivity index (χ0v) is 24.7. The standard InChI is InChI=1S/C30H40N4O6S/c1-22-3-8-27(23(2)21-22)33-15-17-34(18-16-33)28(35)24-9-13-32(14-10-24)25-4-6-26(7-5-25)41(38,39)30(29(36)31-37)11-19-40-20-12-30/h3-8,21,24,37H,9-20H2,1-2H3,(H,31,36). The summed E-state index contributed by atoms with van der Waals surface area (Å²) in [6.07, 6.45) is 1.45. The van der Waals surface area contributed by atoms with Crippen molar-refractivity contribution in [2.75, 3.05) is 62.3 Å². The van der Waals surface area contributed by atoms with Crippen LogP contribution in [0.4, 0.5) is 11.4 Å². The number of amides is 2. The van der Waals surface area contributed by atoms with Gasteiger partial charge in [0.25, 0.3) is 5.91 Å².